The molecule has 0 unspecified atom stereocenters. The van der Waals surface area contributed by atoms with E-state index < -0.39 is 10.0 Å². The summed E-state index contributed by atoms with van der Waals surface area (Å²) in [6.07, 6.45) is 1.27. The van der Waals surface area contributed by atoms with Crippen molar-refractivity contribution in [3.8, 4) is 0 Å². The minimum Gasteiger partial charge on any atom is -0.267 e. The Kier molecular flexibility index (Phi) is 4.30. The van der Waals surface area contributed by atoms with Crippen molar-refractivity contribution >= 4 is 27.3 Å². The van der Waals surface area contributed by atoms with Gasteiger partial charge in [-0.3, -0.25) is 4.31 Å². The monoisotopic (exact) mass is 310 g/mol. The van der Waals surface area contributed by atoms with Crippen LogP contribution in [0.2, 0.25) is 5.15 Å². The highest BCUT2D eigenvalue weighted by Crippen LogP contribution is 2.23. The predicted octanol–water partition coefficient (Wildman–Crippen LogP) is 3.26. The molecule has 0 spiro atoms. The van der Waals surface area contributed by atoms with E-state index in [0.717, 1.165) is 5.56 Å². The molecule has 6 heteroatoms. The summed E-state index contributed by atoms with van der Waals surface area (Å²) in [5.41, 5.74) is 1.71. The topological polar surface area (TPSA) is 50.3 Å². The third-order valence-corrected chi connectivity index (χ3v) is 5.01. The molecule has 20 heavy (non-hydrogen) atoms. The molecule has 0 saturated heterocycles. The number of hydrogen-bond acceptors (Lipinski definition) is 3. The Bertz CT molecular complexity index is 682. The van der Waals surface area contributed by atoms with Crippen molar-refractivity contribution in [1.82, 2.24) is 4.98 Å². The van der Waals surface area contributed by atoms with Crippen LogP contribution >= 0.6 is 11.6 Å². The number of benzene rings is 1. The lowest BCUT2D eigenvalue weighted by molar-refractivity contribution is 0.591. The maximum Gasteiger partial charge on any atom is 0.265 e. The van der Waals surface area contributed by atoms with Gasteiger partial charge < -0.3 is 0 Å². The van der Waals surface area contributed by atoms with Gasteiger partial charge >= 0.3 is 0 Å². The van der Waals surface area contributed by atoms with E-state index in [-0.39, 0.29) is 10.0 Å². The lowest BCUT2D eigenvalue weighted by Gasteiger charge is -2.22. The van der Waals surface area contributed by atoms with Gasteiger partial charge in [-0.25, -0.2) is 13.4 Å². The van der Waals surface area contributed by atoms with E-state index in [4.69, 9.17) is 11.6 Å². The van der Waals surface area contributed by atoms with Gasteiger partial charge in [-0.15, -0.1) is 0 Å². The molecule has 2 rings (SSSR count). The molecule has 0 fully saturated rings. The molecule has 2 aromatic rings. The fraction of sp³-hybridized carbons (Fsp3) is 0.214. The van der Waals surface area contributed by atoms with Crippen molar-refractivity contribution in [1.29, 1.82) is 0 Å². The quantitative estimate of drug-likeness (QED) is 0.814. The maximum atomic E-state index is 12.6. The number of halogens is 1. The number of nitrogens with zero attached hydrogens (tertiary/aromatic N) is 2. The van der Waals surface area contributed by atoms with Crippen LogP contribution in [-0.4, -0.2) is 19.9 Å². The number of sulfonamides is 1. The molecule has 0 saturated carbocycles. The first-order valence-electron chi connectivity index (χ1n) is 6.16. The highest BCUT2D eigenvalue weighted by Gasteiger charge is 2.23. The highest BCUT2D eigenvalue weighted by molar-refractivity contribution is 7.92. The molecule has 1 aromatic carbocycles. The van der Waals surface area contributed by atoms with Crippen LogP contribution in [0, 0.1) is 6.92 Å². The van der Waals surface area contributed by atoms with Crippen LogP contribution in [0.25, 0.3) is 0 Å². The average Bonchev–Trinajstić information content (AvgIpc) is 2.42. The number of aryl methyl sites for hydroxylation is 1. The molecule has 0 aliphatic rings. The smallest absolute Gasteiger partial charge is 0.265 e. The fourth-order valence-electron chi connectivity index (χ4n) is 1.84. The average molecular weight is 311 g/mol. The molecule has 0 atom stereocenters. The van der Waals surface area contributed by atoms with Crippen molar-refractivity contribution in [3.63, 3.8) is 0 Å². The van der Waals surface area contributed by atoms with Crippen LogP contribution in [0.4, 0.5) is 5.69 Å². The Morgan fingerprint density at radius 1 is 1.15 bits per heavy atom. The molecule has 1 aromatic heterocycles. The van der Waals surface area contributed by atoms with Gasteiger partial charge in [0.15, 0.2) is 0 Å². The number of pyridine rings is 1. The lowest BCUT2D eigenvalue weighted by Crippen LogP contribution is -2.30. The van der Waals surface area contributed by atoms with E-state index in [1.165, 1.54) is 22.6 Å². The van der Waals surface area contributed by atoms with Gasteiger partial charge in [0, 0.05) is 12.7 Å². The minimum absolute atomic E-state index is 0.129. The zero-order valence-corrected chi connectivity index (χ0v) is 12.8. The van der Waals surface area contributed by atoms with Crippen LogP contribution in [-0.2, 0) is 10.0 Å². The Morgan fingerprint density at radius 2 is 1.80 bits per heavy atom. The molecule has 0 radical (unpaired) electrons. The number of hydrogen-bond donors (Lipinski definition) is 0. The van der Waals surface area contributed by atoms with Gasteiger partial charge in [-0.1, -0.05) is 29.3 Å². The van der Waals surface area contributed by atoms with E-state index in [9.17, 15) is 8.42 Å². The number of rotatable bonds is 4. The minimum atomic E-state index is -3.62. The van der Waals surface area contributed by atoms with Crippen molar-refractivity contribution in [2.75, 3.05) is 10.8 Å². The normalized spacial score (nSPS) is 11.3. The van der Waals surface area contributed by atoms with Gasteiger partial charge in [0.05, 0.1) is 5.69 Å². The Morgan fingerprint density at radius 3 is 2.30 bits per heavy atom. The van der Waals surface area contributed by atoms with Crippen molar-refractivity contribution in [2.24, 2.45) is 0 Å². The zero-order valence-electron chi connectivity index (χ0n) is 11.2. The summed E-state index contributed by atoms with van der Waals surface area (Å²) < 4.78 is 26.6. The summed E-state index contributed by atoms with van der Waals surface area (Å²) >= 11 is 5.69. The van der Waals surface area contributed by atoms with Gasteiger partial charge in [-0.2, -0.15) is 0 Å². The first-order chi connectivity index (χ1) is 9.45. The largest absolute Gasteiger partial charge is 0.267 e. The van der Waals surface area contributed by atoms with Gasteiger partial charge in [0.2, 0.25) is 0 Å². The summed E-state index contributed by atoms with van der Waals surface area (Å²) in [4.78, 5) is 3.96. The van der Waals surface area contributed by atoms with Crippen LogP contribution in [0.15, 0.2) is 47.5 Å². The first-order valence-corrected chi connectivity index (χ1v) is 7.98. The molecule has 0 aliphatic heterocycles. The number of aromatic nitrogens is 1. The molecule has 0 bridgehead atoms. The van der Waals surface area contributed by atoms with E-state index in [1.54, 1.807) is 19.1 Å². The zero-order chi connectivity index (χ0) is 14.8. The molecule has 0 amide bonds. The lowest BCUT2D eigenvalue weighted by atomic mass is 10.2. The van der Waals surface area contributed by atoms with Gasteiger partial charge in [0.1, 0.15) is 10.0 Å². The molecule has 4 nitrogen and oxygen atoms in total. The van der Waals surface area contributed by atoms with Crippen LogP contribution in [0.5, 0.6) is 0 Å². The SMILES string of the molecule is CCN(c1ccc(C)cc1)S(=O)(=O)c1ccc(Cl)nc1. The van der Waals surface area contributed by atoms with Crippen LogP contribution < -0.4 is 4.31 Å². The first kappa shape index (κ1) is 14.8. The maximum absolute atomic E-state index is 12.6. The second kappa shape index (κ2) is 5.81. The Hall–Kier alpha value is -1.59. The van der Waals surface area contributed by atoms with Gasteiger partial charge in [0.25, 0.3) is 10.0 Å². The summed E-state index contributed by atoms with van der Waals surface area (Å²) in [5.74, 6) is 0. The van der Waals surface area contributed by atoms with Gasteiger partial charge in [-0.05, 0) is 38.1 Å². The van der Waals surface area contributed by atoms with Crippen LogP contribution in [0.1, 0.15) is 12.5 Å². The van der Waals surface area contributed by atoms with Crippen molar-refractivity contribution in [3.05, 3.63) is 53.3 Å². The molecule has 106 valence electrons. The van der Waals surface area contributed by atoms with E-state index >= 15 is 0 Å². The molecule has 1 heterocycles. The second-order valence-electron chi connectivity index (χ2n) is 4.32. The Balaban J connectivity index is 2.44. The third kappa shape index (κ3) is 2.94. The summed E-state index contributed by atoms with van der Waals surface area (Å²) in [5, 5.41) is 0.266. The Labute approximate surface area is 124 Å². The summed E-state index contributed by atoms with van der Waals surface area (Å²) in [6.45, 7) is 4.09. The molecule has 0 N–H and O–H groups in total. The molecule has 0 aliphatic carbocycles. The highest BCUT2D eigenvalue weighted by atomic mass is 35.5. The van der Waals surface area contributed by atoms with Crippen LogP contribution in [0.3, 0.4) is 0 Å². The van der Waals surface area contributed by atoms with Crippen molar-refractivity contribution in [2.45, 2.75) is 18.7 Å². The summed E-state index contributed by atoms with van der Waals surface area (Å²) in [7, 11) is -3.62. The van der Waals surface area contributed by atoms with Crippen molar-refractivity contribution < 1.29 is 8.42 Å². The standard InChI is InChI=1S/C14H15ClN2O2S/c1-3-17(12-6-4-11(2)5-7-12)20(18,19)13-8-9-14(15)16-10-13/h4-10H,3H2,1-2H3. The summed E-state index contributed by atoms with van der Waals surface area (Å²) in [6, 6.07) is 10.3. The third-order valence-electron chi connectivity index (χ3n) is 2.90. The predicted molar refractivity (Wildman–Crippen MR) is 80.6 cm³/mol. The second-order valence-corrected chi connectivity index (χ2v) is 6.57. The van der Waals surface area contributed by atoms with E-state index in [0.29, 0.717) is 12.2 Å². The molecular formula is C14H15ClN2O2S. The fourth-order valence-corrected chi connectivity index (χ4v) is 3.38. The molecular weight excluding hydrogens is 296 g/mol. The van der Waals surface area contributed by atoms with E-state index in [2.05, 4.69) is 4.98 Å². The number of anilines is 1. The van der Waals surface area contributed by atoms with E-state index in [1.807, 2.05) is 19.1 Å².